The largest absolute Gasteiger partial charge is 0.238 e. The fourth-order valence-electron chi connectivity index (χ4n) is 8.35. The highest BCUT2D eigenvalue weighted by molar-refractivity contribution is 7.25. The molecule has 0 atom stereocenters. The van der Waals surface area contributed by atoms with Gasteiger partial charge in [-0.25, -0.2) is 19.8 Å². The van der Waals surface area contributed by atoms with Crippen molar-refractivity contribution in [3.8, 4) is 45.3 Å². The lowest BCUT2D eigenvalue weighted by molar-refractivity contribution is 0.353. The Hall–Kier alpha value is -5.70. The van der Waals surface area contributed by atoms with Crippen molar-refractivity contribution in [2.45, 2.75) is 37.5 Å². The molecule has 0 bridgehead atoms. The van der Waals surface area contributed by atoms with Gasteiger partial charge in [-0.3, -0.25) is 0 Å². The number of fused-ring (bicyclic) bond motifs is 9. The number of thiophene rings is 1. The molecule has 0 N–H and O–H groups in total. The molecular weight excluding hydrogens is 617 g/mol. The van der Waals surface area contributed by atoms with E-state index in [1.54, 1.807) is 11.3 Å². The minimum absolute atomic E-state index is 0.0390. The molecule has 1 saturated carbocycles. The molecule has 4 nitrogen and oxygen atoms in total. The second kappa shape index (κ2) is 10.9. The van der Waals surface area contributed by atoms with Gasteiger partial charge in [0.2, 0.25) is 0 Å². The lowest BCUT2D eigenvalue weighted by atomic mass is 9.67. The van der Waals surface area contributed by atoms with E-state index in [1.807, 2.05) is 6.07 Å². The monoisotopic (exact) mass is 646 g/mol. The molecule has 6 aromatic carbocycles. The highest BCUT2D eigenvalue weighted by Gasteiger charge is 2.43. The maximum absolute atomic E-state index is 7.68. The van der Waals surface area contributed by atoms with Gasteiger partial charge in [-0.1, -0.05) is 110 Å². The van der Waals surface area contributed by atoms with Gasteiger partial charge in [0.15, 0.2) is 23.2 Å². The molecule has 232 valence electrons. The molecule has 2 heterocycles. The quantitative estimate of drug-likeness (QED) is 0.179. The van der Waals surface area contributed by atoms with Crippen LogP contribution in [0, 0.1) is 6.57 Å². The van der Waals surface area contributed by atoms with E-state index >= 15 is 0 Å². The zero-order valence-corrected chi connectivity index (χ0v) is 27.6. The van der Waals surface area contributed by atoms with Crippen LogP contribution in [0.1, 0.15) is 43.2 Å². The smallest absolute Gasteiger partial charge is 0.187 e. The minimum atomic E-state index is -0.0390. The van der Waals surface area contributed by atoms with Crippen LogP contribution in [0.2, 0.25) is 0 Å². The number of benzene rings is 6. The molecule has 0 amide bonds. The van der Waals surface area contributed by atoms with Crippen molar-refractivity contribution in [1.82, 2.24) is 15.0 Å². The van der Waals surface area contributed by atoms with Gasteiger partial charge in [0.05, 0.1) is 6.57 Å². The summed E-state index contributed by atoms with van der Waals surface area (Å²) in [6.45, 7) is 7.68. The summed E-state index contributed by atoms with van der Waals surface area (Å²) in [5.41, 5.74) is 8.77. The molecule has 8 aromatic rings. The number of hydrogen-bond acceptors (Lipinski definition) is 4. The third-order valence-corrected chi connectivity index (χ3v) is 11.9. The number of nitrogens with zero attached hydrogens (tertiary/aromatic N) is 4. The molecule has 49 heavy (non-hydrogen) atoms. The van der Waals surface area contributed by atoms with Gasteiger partial charge >= 0.3 is 0 Å². The Balaban J connectivity index is 1.17. The standard InChI is InChI=1S/C44H30N4S/c1-45-32-17-20-37-36(26-32)33-18-15-30(24-38(33)44(37)21-7-2-8-22-44)42-46-41(29-14-13-27-9-3-4-10-28(27)23-29)47-43(48-42)31-16-19-35-34-11-5-6-12-39(34)49-40(35)25-31/h3-6,9-20,23-26H,2,7-8,21-22H2. The Morgan fingerprint density at radius 3 is 2.02 bits per heavy atom. The van der Waals surface area contributed by atoms with Crippen LogP contribution >= 0.6 is 11.3 Å². The van der Waals surface area contributed by atoms with Crippen LogP contribution in [-0.2, 0) is 5.41 Å². The summed E-state index contributed by atoms with van der Waals surface area (Å²) in [4.78, 5) is 19.3. The average Bonchev–Trinajstić information content (AvgIpc) is 3.66. The predicted molar refractivity (Wildman–Crippen MR) is 202 cm³/mol. The summed E-state index contributed by atoms with van der Waals surface area (Å²) in [6, 6.07) is 43.1. The molecule has 2 aliphatic rings. The topological polar surface area (TPSA) is 43.0 Å². The van der Waals surface area contributed by atoms with Crippen LogP contribution in [0.5, 0.6) is 0 Å². The summed E-state index contributed by atoms with van der Waals surface area (Å²) in [5.74, 6) is 2.02. The maximum Gasteiger partial charge on any atom is 0.187 e. The van der Waals surface area contributed by atoms with Crippen molar-refractivity contribution in [3.05, 3.63) is 144 Å². The summed E-state index contributed by atoms with van der Waals surface area (Å²) >= 11 is 1.81. The molecule has 0 unspecified atom stereocenters. The highest BCUT2D eigenvalue weighted by Crippen LogP contribution is 2.57. The fourth-order valence-corrected chi connectivity index (χ4v) is 9.50. The zero-order chi connectivity index (χ0) is 32.5. The molecule has 1 fully saturated rings. The van der Waals surface area contributed by atoms with E-state index in [0.717, 1.165) is 34.9 Å². The molecule has 10 rings (SSSR count). The first kappa shape index (κ1) is 28.3. The average molecular weight is 647 g/mol. The van der Waals surface area contributed by atoms with Gasteiger partial charge < -0.3 is 0 Å². The van der Waals surface area contributed by atoms with Gasteiger partial charge in [-0.15, -0.1) is 11.3 Å². The molecule has 0 aliphatic heterocycles. The third kappa shape index (κ3) is 4.45. The Bertz CT molecular complexity index is 2670. The Kier molecular flexibility index (Phi) is 6.31. The summed E-state index contributed by atoms with van der Waals surface area (Å²) in [7, 11) is 0. The van der Waals surface area contributed by atoms with E-state index in [-0.39, 0.29) is 5.41 Å². The summed E-state index contributed by atoms with van der Waals surface area (Å²) in [5, 5.41) is 4.88. The van der Waals surface area contributed by atoms with Gasteiger partial charge in [-0.2, -0.15) is 0 Å². The Labute approximate surface area is 288 Å². The lowest BCUT2D eigenvalue weighted by Crippen LogP contribution is -2.28. The number of hydrogen-bond donors (Lipinski definition) is 0. The first-order valence-corrected chi connectivity index (χ1v) is 17.8. The van der Waals surface area contributed by atoms with Crippen LogP contribution in [0.15, 0.2) is 121 Å². The minimum Gasteiger partial charge on any atom is -0.238 e. The first-order valence-electron chi connectivity index (χ1n) is 17.0. The maximum atomic E-state index is 7.68. The van der Waals surface area contributed by atoms with E-state index in [0.29, 0.717) is 23.2 Å². The Morgan fingerprint density at radius 1 is 0.531 bits per heavy atom. The second-order valence-electron chi connectivity index (χ2n) is 13.4. The van der Waals surface area contributed by atoms with Crippen LogP contribution < -0.4 is 0 Å². The molecule has 0 radical (unpaired) electrons. The van der Waals surface area contributed by atoms with Gasteiger partial charge in [0, 0.05) is 42.3 Å². The molecule has 0 saturated heterocycles. The molecule has 5 heteroatoms. The van der Waals surface area contributed by atoms with Crippen LogP contribution in [-0.4, -0.2) is 15.0 Å². The van der Waals surface area contributed by atoms with E-state index in [9.17, 15) is 0 Å². The van der Waals surface area contributed by atoms with Gasteiger partial charge in [0.25, 0.3) is 0 Å². The van der Waals surface area contributed by atoms with E-state index in [2.05, 4.69) is 120 Å². The normalized spacial score (nSPS) is 14.7. The van der Waals surface area contributed by atoms with Crippen molar-refractivity contribution in [3.63, 3.8) is 0 Å². The lowest BCUT2D eigenvalue weighted by Gasteiger charge is -2.36. The Morgan fingerprint density at radius 2 is 1.20 bits per heavy atom. The molecule has 2 aromatic heterocycles. The van der Waals surface area contributed by atoms with Crippen LogP contribution in [0.3, 0.4) is 0 Å². The first-order chi connectivity index (χ1) is 24.2. The molecule has 1 spiro atoms. The highest BCUT2D eigenvalue weighted by atomic mass is 32.1. The van der Waals surface area contributed by atoms with Crippen LogP contribution in [0.4, 0.5) is 5.69 Å². The number of aromatic nitrogens is 3. The van der Waals surface area contributed by atoms with E-state index in [4.69, 9.17) is 21.5 Å². The van der Waals surface area contributed by atoms with E-state index < -0.39 is 0 Å². The van der Waals surface area contributed by atoms with Crippen molar-refractivity contribution in [2.24, 2.45) is 0 Å². The van der Waals surface area contributed by atoms with Crippen molar-refractivity contribution >= 4 is 48.0 Å². The second-order valence-corrected chi connectivity index (χ2v) is 14.5. The molecular formula is C44H30N4S. The SMILES string of the molecule is [C-]#[N+]c1ccc2c(c1)-c1ccc(-c3nc(-c4ccc5ccccc5c4)nc(-c4ccc5c(c4)sc4ccccc45)n3)cc1C21CCCCC1. The van der Waals surface area contributed by atoms with Crippen molar-refractivity contribution in [1.29, 1.82) is 0 Å². The summed E-state index contributed by atoms with van der Waals surface area (Å²) < 4.78 is 2.50. The van der Waals surface area contributed by atoms with Gasteiger partial charge in [0.1, 0.15) is 0 Å². The van der Waals surface area contributed by atoms with Crippen LogP contribution in [0.25, 0.3) is 81.1 Å². The molecule has 2 aliphatic carbocycles. The number of rotatable bonds is 3. The fraction of sp³-hybridized carbons (Fsp3) is 0.136. The van der Waals surface area contributed by atoms with E-state index in [1.165, 1.54) is 67.1 Å². The van der Waals surface area contributed by atoms with Gasteiger partial charge in [-0.05, 0) is 76.2 Å². The van der Waals surface area contributed by atoms with Crippen molar-refractivity contribution in [2.75, 3.05) is 0 Å². The third-order valence-electron chi connectivity index (χ3n) is 10.7. The summed E-state index contributed by atoms with van der Waals surface area (Å²) in [6.07, 6.45) is 5.91. The zero-order valence-electron chi connectivity index (χ0n) is 26.8. The predicted octanol–water partition coefficient (Wildman–Crippen LogP) is 12.2. The van der Waals surface area contributed by atoms with Crippen molar-refractivity contribution < 1.29 is 0 Å².